The topological polar surface area (TPSA) is 84.9 Å². The summed E-state index contributed by atoms with van der Waals surface area (Å²) in [6, 6.07) is 12.1. The molecule has 3 atom stereocenters. The second kappa shape index (κ2) is 12.8. The highest BCUT2D eigenvalue weighted by molar-refractivity contribution is 9.10. The van der Waals surface area contributed by atoms with Gasteiger partial charge in [0.05, 0.1) is 30.7 Å². The molecule has 7 nitrogen and oxygen atoms in total. The number of aryl methyl sites for hydroxylation is 1. The molecule has 0 aromatic heterocycles. The fourth-order valence-corrected chi connectivity index (χ4v) is 6.40. The maximum absolute atomic E-state index is 13.8. The zero-order chi connectivity index (χ0) is 27.2. The second-order valence-electron chi connectivity index (χ2n) is 10.4. The summed E-state index contributed by atoms with van der Waals surface area (Å²) >= 11 is 3.54. The van der Waals surface area contributed by atoms with Crippen molar-refractivity contribution in [3.63, 3.8) is 0 Å². The summed E-state index contributed by atoms with van der Waals surface area (Å²) in [6.45, 7) is 2.36. The maximum atomic E-state index is 13.8. The fraction of sp³-hybridized carbons (Fsp3) is 0.500. The molecule has 2 amide bonds. The Labute approximate surface area is 233 Å². The first-order valence-corrected chi connectivity index (χ1v) is 14.2. The van der Waals surface area contributed by atoms with E-state index in [1.807, 2.05) is 43.3 Å². The van der Waals surface area contributed by atoms with Crippen molar-refractivity contribution in [2.75, 3.05) is 14.2 Å². The molecular weight excluding hydrogens is 548 g/mol. The minimum atomic E-state index is -0.772. The predicted octanol–water partition coefficient (Wildman–Crippen LogP) is 5.48. The molecular formula is C30H37BrN2O5. The van der Waals surface area contributed by atoms with Gasteiger partial charge in [-0.25, -0.2) is 0 Å². The minimum Gasteiger partial charge on any atom is -0.496 e. The highest BCUT2D eigenvalue weighted by Gasteiger charge is 2.50. The number of hydrogen-bond acceptors (Lipinski definition) is 5. The van der Waals surface area contributed by atoms with Gasteiger partial charge in [-0.3, -0.25) is 14.4 Å². The Balaban J connectivity index is 1.63. The highest BCUT2D eigenvalue weighted by atomic mass is 79.9. The maximum Gasteiger partial charge on any atom is 0.311 e. The van der Waals surface area contributed by atoms with Crippen molar-refractivity contribution in [2.45, 2.75) is 70.5 Å². The number of amides is 2. The van der Waals surface area contributed by atoms with E-state index in [4.69, 9.17) is 9.47 Å². The van der Waals surface area contributed by atoms with Crippen LogP contribution in [0.1, 0.15) is 67.7 Å². The van der Waals surface area contributed by atoms with Crippen LogP contribution in [0, 0.1) is 18.8 Å². The quantitative estimate of drug-likeness (QED) is 0.394. The standard InChI is InChI=1S/C30H37BrN2O5/c1-19-8-10-21(11-9-19)18-32-29(35)25-17-23(30(36)38-3)28(22-13-14-26(37-2)24(31)16-22)33(25)27(34)15-12-20-6-4-5-7-20/h8-11,13-14,16,20,23,25,28H,4-7,12,15,17-18H2,1-3H3,(H,32,35). The van der Waals surface area contributed by atoms with Gasteiger partial charge in [0.15, 0.2) is 0 Å². The summed E-state index contributed by atoms with van der Waals surface area (Å²) in [7, 11) is 2.93. The molecule has 1 aliphatic carbocycles. The molecule has 204 valence electrons. The van der Waals surface area contributed by atoms with Crippen LogP contribution < -0.4 is 10.1 Å². The third-order valence-corrected chi connectivity index (χ3v) is 8.55. The number of methoxy groups -OCH3 is 2. The summed E-state index contributed by atoms with van der Waals surface area (Å²) in [5, 5.41) is 3.01. The van der Waals surface area contributed by atoms with Crippen LogP contribution in [-0.4, -0.2) is 42.9 Å². The lowest BCUT2D eigenvalue weighted by Crippen LogP contribution is -2.46. The fourth-order valence-electron chi connectivity index (χ4n) is 5.84. The Hall–Kier alpha value is -2.87. The van der Waals surface area contributed by atoms with Crippen LogP contribution in [0.4, 0.5) is 0 Å². The summed E-state index contributed by atoms with van der Waals surface area (Å²) < 4.78 is 11.3. The first kappa shape index (κ1) is 28.1. The number of nitrogens with one attached hydrogen (secondary N) is 1. The zero-order valence-electron chi connectivity index (χ0n) is 22.4. The van der Waals surface area contributed by atoms with Crippen LogP contribution in [0.15, 0.2) is 46.9 Å². The van der Waals surface area contributed by atoms with Crippen LogP contribution in [0.25, 0.3) is 0 Å². The number of halogens is 1. The van der Waals surface area contributed by atoms with Gasteiger partial charge in [-0.15, -0.1) is 0 Å². The lowest BCUT2D eigenvalue weighted by molar-refractivity contribution is -0.147. The van der Waals surface area contributed by atoms with Gasteiger partial charge in [-0.05, 0) is 64.9 Å². The van der Waals surface area contributed by atoms with Crippen LogP contribution in [-0.2, 0) is 25.7 Å². The van der Waals surface area contributed by atoms with Gasteiger partial charge >= 0.3 is 5.97 Å². The molecule has 1 saturated heterocycles. The van der Waals surface area contributed by atoms with E-state index in [2.05, 4.69) is 21.2 Å². The molecule has 1 N–H and O–H groups in total. The summed E-state index contributed by atoms with van der Waals surface area (Å²) in [4.78, 5) is 42.0. The number of benzene rings is 2. The van der Waals surface area contributed by atoms with Crippen molar-refractivity contribution >= 4 is 33.7 Å². The van der Waals surface area contributed by atoms with Crippen molar-refractivity contribution in [2.24, 2.45) is 11.8 Å². The number of carbonyl (C=O) groups excluding carboxylic acids is 3. The summed E-state index contributed by atoms with van der Waals surface area (Å²) in [6.07, 6.45) is 6.07. The van der Waals surface area contributed by atoms with Crippen LogP contribution in [0.2, 0.25) is 0 Å². The lowest BCUT2D eigenvalue weighted by atomic mass is 9.92. The van der Waals surface area contributed by atoms with E-state index in [1.54, 1.807) is 18.1 Å². The number of rotatable bonds is 9. The smallest absolute Gasteiger partial charge is 0.311 e. The molecule has 38 heavy (non-hydrogen) atoms. The van der Waals surface area contributed by atoms with E-state index in [-0.39, 0.29) is 18.2 Å². The van der Waals surface area contributed by atoms with Gasteiger partial charge in [0.2, 0.25) is 11.8 Å². The molecule has 8 heteroatoms. The van der Waals surface area contributed by atoms with E-state index in [9.17, 15) is 14.4 Å². The van der Waals surface area contributed by atoms with Gasteiger partial charge in [0.25, 0.3) is 0 Å². The van der Waals surface area contributed by atoms with E-state index >= 15 is 0 Å². The molecule has 1 saturated carbocycles. The summed E-state index contributed by atoms with van der Waals surface area (Å²) in [5.74, 6) is -0.261. The van der Waals surface area contributed by atoms with Gasteiger partial charge in [-0.2, -0.15) is 0 Å². The minimum absolute atomic E-state index is 0.101. The lowest BCUT2D eigenvalue weighted by Gasteiger charge is -2.32. The molecule has 0 radical (unpaired) electrons. The number of esters is 1. The molecule has 1 aliphatic heterocycles. The zero-order valence-corrected chi connectivity index (χ0v) is 24.0. The molecule has 2 aromatic carbocycles. The molecule has 4 rings (SSSR count). The number of likely N-dealkylation sites (tertiary alicyclic amines) is 1. The molecule has 2 aliphatic rings. The number of ether oxygens (including phenoxy) is 2. The monoisotopic (exact) mass is 584 g/mol. The van der Waals surface area contributed by atoms with E-state index < -0.39 is 24.0 Å². The average molecular weight is 586 g/mol. The third kappa shape index (κ3) is 6.40. The Morgan fingerprint density at radius 1 is 1.05 bits per heavy atom. The van der Waals surface area contributed by atoms with Crippen molar-refractivity contribution < 1.29 is 23.9 Å². The molecule has 1 heterocycles. The Morgan fingerprint density at radius 2 is 1.76 bits per heavy atom. The first-order chi connectivity index (χ1) is 18.3. The van der Waals surface area contributed by atoms with Crippen molar-refractivity contribution in [3.8, 4) is 5.75 Å². The first-order valence-electron chi connectivity index (χ1n) is 13.4. The van der Waals surface area contributed by atoms with Crippen molar-refractivity contribution in [1.29, 1.82) is 0 Å². The van der Waals surface area contributed by atoms with Crippen LogP contribution in [0.3, 0.4) is 0 Å². The molecule has 0 bridgehead atoms. The number of hydrogen-bond donors (Lipinski definition) is 1. The van der Waals surface area contributed by atoms with Crippen molar-refractivity contribution in [1.82, 2.24) is 10.2 Å². The van der Waals surface area contributed by atoms with Gasteiger partial charge in [-0.1, -0.05) is 61.6 Å². The SMILES string of the molecule is COC(=O)C1CC(C(=O)NCc2ccc(C)cc2)N(C(=O)CCC2CCCC2)C1c1ccc(OC)c(Br)c1. The van der Waals surface area contributed by atoms with E-state index in [0.29, 0.717) is 29.1 Å². The largest absolute Gasteiger partial charge is 0.496 e. The summed E-state index contributed by atoms with van der Waals surface area (Å²) in [5.41, 5.74) is 2.88. The Bertz CT molecular complexity index is 1150. The number of nitrogens with zero attached hydrogens (tertiary/aromatic N) is 1. The van der Waals surface area contributed by atoms with Crippen molar-refractivity contribution in [3.05, 3.63) is 63.6 Å². The highest BCUT2D eigenvalue weighted by Crippen LogP contribution is 2.44. The van der Waals surface area contributed by atoms with E-state index in [0.717, 1.165) is 36.0 Å². The predicted molar refractivity (Wildman–Crippen MR) is 148 cm³/mol. The molecule has 2 fully saturated rings. The second-order valence-corrected chi connectivity index (χ2v) is 11.3. The van der Waals surface area contributed by atoms with Gasteiger partial charge in [0, 0.05) is 13.0 Å². The Kier molecular flexibility index (Phi) is 9.47. The van der Waals surface area contributed by atoms with Crippen LogP contribution in [0.5, 0.6) is 5.75 Å². The molecule has 2 aromatic rings. The van der Waals surface area contributed by atoms with Gasteiger partial charge < -0.3 is 19.7 Å². The average Bonchev–Trinajstić information content (AvgIpc) is 3.59. The molecule has 0 spiro atoms. The molecule has 3 unspecified atom stereocenters. The normalized spacial score (nSPS) is 21.4. The van der Waals surface area contributed by atoms with Crippen LogP contribution >= 0.6 is 15.9 Å². The van der Waals surface area contributed by atoms with E-state index in [1.165, 1.54) is 20.0 Å². The van der Waals surface area contributed by atoms with Gasteiger partial charge in [0.1, 0.15) is 11.8 Å². The number of carbonyl (C=O) groups is 3. The Morgan fingerprint density at radius 3 is 2.39 bits per heavy atom. The third-order valence-electron chi connectivity index (χ3n) is 7.93.